The minimum atomic E-state index is 0.0303. The molecule has 23 heavy (non-hydrogen) atoms. The van der Waals surface area contributed by atoms with E-state index in [0.29, 0.717) is 25.4 Å². The molecular weight excluding hydrogens is 316 g/mol. The van der Waals surface area contributed by atoms with Crippen molar-refractivity contribution in [2.24, 2.45) is 7.05 Å². The Bertz CT molecular complexity index is 662. The van der Waals surface area contributed by atoms with E-state index in [9.17, 15) is 4.79 Å². The van der Waals surface area contributed by atoms with Gasteiger partial charge in [-0.25, -0.2) is 4.98 Å². The van der Waals surface area contributed by atoms with Crippen molar-refractivity contribution in [3.05, 3.63) is 23.8 Å². The summed E-state index contributed by atoms with van der Waals surface area (Å²) in [7, 11) is 3.46. The highest BCUT2D eigenvalue weighted by Gasteiger charge is 2.25. The van der Waals surface area contributed by atoms with Crippen LogP contribution in [0.3, 0.4) is 0 Å². The molecule has 0 aromatic carbocycles. The summed E-state index contributed by atoms with van der Waals surface area (Å²) < 4.78 is 11.0. The van der Waals surface area contributed by atoms with E-state index in [1.54, 1.807) is 31.1 Å². The van der Waals surface area contributed by atoms with E-state index in [-0.39, 0.29) is 5.91 Å². The van der Waals surface area contributed by atoms with E-state index in [0.717, 1.165) is 30.5 Å². The van der Waals surface area contributed by atoms with Crippen LogP contribution in [-0.4, -0.2) is 69.8 Å². The number of aryl methyl sites for hydroxylation is 1. The van der Waals surface area contributed by atoms with Gasteiger partial charge in [-0.15, -0.1) is 0 Å². The smallest absolute Gasteiger partial charge is 0.272 e. The molecule has 1 fully saturated rings. The number of carbonyl (C=O) groups excluding carboxylic acids is 1. The fourth-order valence-corrected chi connectivity index (χ4v) is 3.28. The van der Waals surface area contributed by atoms with Gasteiger partial charge in [0.15, 0.2) is 0 Å². The lowest BCUT2D eigenvalue weighted by atomic mass is 10.3. The number of rotatable bonds is 5. The number of hydrogen-bond donors (Lipinski definition) is 0. The SMILES string of the molecule is COCCc1nsc(N2CCN(C(=O)c3ccnn3C)CC2)n1. The van der Waals surface area contributed by atoms with E-state index in [1.807, 2.05) is 4.90 Å². The summed E-state index contributed by atoms with van der Waals surface area (Å²) >= 11 is 1.41. The van der Waals surface area contributed by atoms with E-state index in [2.05, 4.69) is 19.4 Å². The molecule has 1 aliphatic rings. The maximum Gasteiger partial charge on any atom is 0.272 e. The zero-order valence-corrected chi connectivity index (χ0v) is 14.1. The van der Waals surface area contributed by atoms with Gasteiger partial charge < -0.3 is 14.5 Å². The molecule has 9 heteroatoms. The highest BCUT2D eigenvalue weighted by Crippen LogP contribution is 2.20. The van der Waals surface area contributed by atoms with Crippen LogP contribution in [0.5, 0.6) is 0 Å². The Morgan fingerprint density at radius 3 is 2.78 bits per heavy atom. The molecular formula is C14H20N6O2S. The van der Waals surface area contributed by atoms with Gasteiger partial charge in [0.1, 0.15) is 11.5 Å². The molecule has 3 heterocycles. The molecule has 1 aliphatic heterocycles. The molecule has 2 aromatic rings. The average molecular weight is 336 g/mol. The highest BCUT2D eigenvalue weighted by molar-refractivity contribution is 7.09. The van der Waals surface area contributed by atoms with Crippen LogP contribution in [0.15, 0.2) is 12.3 Å². The number of piperazine rings is 1. The lowest BCUT2D eigenvalue weighted by molar-refractivity contribution is 0.0735. The van der Waals surface area contributed by atoms with Crippen LogP contribution in [0.2, 0.25) is 0 Å². The number of aromatic nitrogens is 4. The first-order chi connectivity index (χ1) is 11.2. The molecule has 2 aromatic heterocycles. The molecule has 1 saturated heterocycles. The van der Waals surface area contributed by atoms with Gasteiger partial charge in [-0.2, -0.15) is 9.47 Å². The predicted octanol–water partition coefficient (Wildman–Crippen LogP) is 0.423. The molecule has 0 atom stereocenters. The van der Waals surface area contributed by atoms with Gasteiger partial charge in [0, 0.05) is 64.5 Å². The number of nitrogens with zero attached hydrogens (tertiary/aromatic N) is 6. The van der Waals surface area contributed by atoms with Crippen LogP contribution in [0.4, 0.5) is 5.13 Å². The first kappa shape index (κ1) is 15.9. The van der Waals surface area contributed by atoms with Gasteiger partial charge in [-0.05, 0) is 6.07 Å². The third kappa shape index (κ3) is 3.50. The van der Waals surface area contributed by atoms with Gasteiger partial charge in [-0.1, -0.05) is 0 Å². The molecule has 0 aliphatic carbocycles. The Hall–Kier alpha value is -2.00. The number of anilines is 1. The third-order valence-corrected chi connectivity index (χ3v) is 4.68. The van der Waals surface area contributed by atoms with Crippen LogP contribution in [-0.2, 0) is 18.2 Å². The predicted molar refractivity (Wildman–Crippen MR) is 86.8 cm³/mol. The third-order valence-electron chi connectivity index (χ3n) is 3.86. The Balaban J connectivity index is 1.57. The van der Waals surface area contributed by atoms with Gasteiger partial charge in [-0.3, -0.25) is 9.48 Å². The number of carbonyl (C=O) groups is 1. The highest BCUT2D eigenvalue weighted by atomic mass is 32.1. The Kier molecular flexibility index (Phi) is 4.87. The quantitative estimate of drug-likeness (QED) is 0.788. The zero-order valence-electron chi connectivity index (χ0n) is 13.3. The number of methoxy groups -OCH3 is 1. The molecule has 1 amide bonds. The topological polar surface area (TPSA) is 76.4 Å². The summed E-state index contributed by atoms with van der Waals surface area (Å²) in [5.41, 5.74) is 0.621. The van der Waals surface area contributed by atoms with E-state index < -0.39 is 0 Å². The van der Waals surface area contributed by atoms with Gasteiger partial charge >= 0.3 is 0 Å². The van der Waals surface area contributed by atoms with Crippen LogP contribution < -0.4 is 4.90 Å². The standard InChI is InChI=1S/C14H20N6O2S/c1-18-11(3-5-15-18)13(21)19-6-8-20(9-7-19)14-16-12(17-23-14)4-10-22-2/h3,5H,4,6-10H2,1-2H3. The van der Waals surface area contributed by atoms with Crippen molar-refractivity contribution < 1.29 is 9.53 Å². The minimum Gasteiger partial charge on any atom is -0.384 e. The minimum absolute atomic E-state index is 0.0303. The van der Waals surface area contributed by atoms with Crippen LogP contribution >= 0.6 is 11.5 Å². The summed E-state index contributed by atoms with van der Waals surface area (Å²) in [6, 6.07) is 1.75. The number of ether oxygens (including phenoxy) is 1. The van der Waals surface area contributed by atoms with Crippen molar-refractivity contribution in [3.8, 4) is 0 Å². The largest absolute Gasteiger partial charge is 0.384 e. The Labute approximate surface area is 138 Å². The van der Waals surface area contributed by atoms with Crippen molar-refractivity contribution in [3.63, 3.8) is 0 Å². The molecule has 0 unspecified atom stereocenters. The van der Waals surface area contributed by atoms with Crippen molar-refractivity contribution in [2.45, 2.75) is 6.42 Å². The van der Waals surface area contributed by atoms with Gasteiger partial charge in [0.25, 0.3) is 5.91 Å². The molecule has 0 spiro atoms. The summed E-state index contributed by atoms with van der Waals surface area (Å²) in [5.74, 6) is 0.850. The summed E-state index contributed by atoms with van der Waals surface area (Å²) in [6.07, 6.45) is 2.37. The Morgan fingerprint density at radius 2 is 2.13 bits per heavy atom. The number of amides is 1. The van der Waals surface area contributed by atoms with Crippen molar-refractivity contribution in [1.29, 1.82) is 0 Å². The van der Waals surface area contributed by atoms with Crippen molar-refractivity contribution in [1.82, 2.24) is 24.0 Å². The van der Waals surface area contributed by atoms with Crippen LogP contribution in [0.1, 0.15) is 16.3 Å². The summed E-state index contributed by atoms with van der Waals surface area (Å²) in [6.45, 7) is 3.52. The maximum absolute atomic E-state index is 12.5. The lowest BCUT2D eigenvalue weighted by Gasteiger charge is -2.34. The second-order valence-corrected chi connectivity index (χ2v) is 6.09. The monoisotopic (exact) mass is 336 g/mol. The fourth-order valence-electron chi connectivity index (χ4n) is 2.51. The fraction of sp³-hybridized carbons (Fsp3) is 0.571. The molecule has 8 nitrogen and oxygen atoms in total. The maximum atomic E-state index is 12.5. The molecule has 124 valence electrons. The van der Waals surface area contributed by atoms with Crippen LogP contribution in [0, 0.1) is 0 Å². The first-order valence-electron chi connectivity index (χ1n) is 7.53. The molecule has 0 saturated carbocycles. The second kappa shape index (κ2) is 7.05. The second-order valence-electron chi connectivity index (χ2n) is 5.36. The molecule has 0 bridgehead atoms. The Morgan fingerprint density at radius 1 is 1.35 bits per heavy atom. The van der Waals surface area contributed by atoms with Gasteiger partial charge in [0.05, 0.1) is 6.61 Å². The summed E-state index contributed by atoms with van der Waals surface area (Å²) in [4.78, 5) is 21.0. The molecule has 3 rings (SSSR count). The molecule has 0 radical (unpaired) electrons. The van der Waals surface area contributed by atoms with Crippen molar-refractivity contribution >= 4 is 22.6 Å². The summed E-state index contributed by atoms with van der Waals surface area (Å²) in [5, 5.41) is 4.97. The number of hydrogen-bond acceptors (Lipinski definition) is 7. The normalized spacial score (nSPS) is 15.2. The van der Waals surface area contributed by atoms with E-state index in [4.69, 9.17) is 4.74 Å². The van der Waals surface area contributed by atoms with Gasteiger partial charge in [0.2, 0.25) is 5.13 Å². The average Bonchev–Trinajstić information content (AvgIpc) is 3.21. The molecule has 0 N–H and O–H groups in total. The van der Waals surface area contributed by atoms with E-state index >= 15 is 0 Å². The van der Waals surface area contributed by atoms with E-state index in [1.165, 1.54) is 11.5 Å². The van der Waals surface area contributed by atoms with Crippen LogP contribution in [0.25, 0.3) is 0 Å². The zero-order chi connectivity index (χ0) is 16.2. The van der Waals surface area contributed by atoms with Crippen molar-refractivity contribution in [2.75, 3.05) is 44.8 Å². The lowest BCUT2D eigenvalue weighted by Crippen LogP contribution is -2.49. The first-order valence-corrected chi connectivity index (χ1v) is 8.30.